The van der Waals surface area contributed by atoms with Gasteiger partial charge in [-0.3, -0.25) is 9.98 Å². The molecule has 7 nitrogen and oxygen atoms in total. The van der Waals surface area contributed by atoms with Crippen LogP contribution >= 0.6 is 0 Å². The Hall–Kier alpha value is -1.92. The highest BCUT2D eigenvalue weighted by Crippen LogP contribution is 2.06. The van der Waals surface area contributed by atoms with Crippen LogP contribution in [0.5, 0.6) is 0 Å². The van der Waals surface area contributed by atoms with Crippen LogP contribution in [0.25, 0.3) is 0 Å². The molecule has 13 heavy (non-hydrogen) atoms. The number of anilines is 1. The van der Waals surface area contributed by atoms with E-state index >= 15 is 0 Å². The molecular formula is C6H10N6O. The Morgan fingerprint density at radius 2 is 2.31 bits per heavy atom. The van der Waals surface area contributed by atoms with E-state index in [0.29, 0.717) is 11.5 Å². The maximum absolute atomic E-state index is 5.51. The van der Waals surface area contributed by atoms with Crippen molar-refractivity contribution in [2.24, 2.45) is 15.7 Å². The molecular weight excluding hydrogens is 172 g/mol. The van der Waals surface area contributed by atoms with Crippen molar-refractivity contribution in [1.29, 1.82) is 0 Å². The highest BCUT2D eigenvalue weighted by molar-refractivity contribution is 6.00. The van der Waals surface area contributed by atoms with E-state index in [1.54, 1.807) is 14.1 Å². The summed E-state index contributed by atoms with van der Waals surface area (Å²) in [6, 6.07) is 0. The van der Waals surface area contributed by atoms with Gasteiger partial charge in [0.1, 0.15) is 0 Å². The van der Waals surface area contributed by atoms with Crippen LogP contribution in [0.3, 0.4) is 0 Å². The first-order valence-corrected chi connectivity index (χ1v) is 3.52. The zero-order valence-corrected chi connectivity index (χ0v) is 7.35. The summed E-state index contributed by atoms with van der Waals surface area (Å²) in [4.78, 5) is 7.46. The van der Waals surface area contributed by atoms with Crippen molar-refractivity contribution in [3.8, 4) is 0 Å². The number of aliphatic imine (C=N–C) groups is 2. The quantitative estimate of drug-likeness (QED) is 0.483. The number of hydrogen-bond donors (Lipinski definition) is 2. The number of nitrogens with zero attached hydrogens (tertiary/aromatic N) is 4. The predicted molar refractivity (Wildman–Crippen MR) is 49.0 cm³/mol. The lowest BCUT2D eigenvalue weighted by Gasteiger charge is -1.95. The molecule has 0 amide bonds. The van der Waals surface area contributed by atoms with Gasteiger partial charge in [0.05, 0.1) is 6.34 Å². The highest BCUT2D eigenvalue weighted by atomic mass is 16.6. The van der Waals surface area contributed by atoms with Gasteiger partial charge in [-0.15, -0.1) is 0 Å². The van der Waals surface area contributed by atoms with Crippen LogP contribution < -0.4 is 11.1 Å². The average molecular weight is 182 g/mol. The van der Waals surface area contributed by atoms with Crippen LogP contribution in [0.15, 0.2) is 14.6 Å². The normalized spacial score (nSPS) is 12.3. The van der Waals surface area contributed by atoms with Crippen molar-refractivity contribution in [1.82, 2.24) is 10.3 Å². The molecule has 0 aromatic carbocycles. The van der Waals surface area contributed by atoms with Crippen molar-refractivity contribution in [3.05, 3.63) is 5.69 Å². The molecule has 0 spiro atoms. The van der Waals surface area contributed by atoms with E-state index in [0.717, 1.165) is 0 Å². The molecule has 0 radical (unpaired) electrons. The lowest BCUT2D eigenvalue weighted by Crippen LogP contribution is -2.15. The van der Waals surface area contributed by atoms with E-state index in [1.807, 2.05) is 0 Å². The molecule has 0 fully saturated rings. The first-order chi connectivity index (χ1) is 6.29. The summed E-state index contributed by atoms with van der Waals surface area (Å²) < 4.78 is 4.48. The summed E-state index contributed by atoms with van der Waals surface area (Å²) in [5.74, 6) is 0.655. The van der Waals surface area contributed by atoms with Gasteiger partial charge in [0.2, 0.25) is 5.82 Å². The van der Waals surface area contributed by atoms with Crippen molar-refractivity contribution in [2.45, 2.75) is 0 Å². The minimum absolute atomic E-state index is 0.258. The Balaban J connectivity index is 2.89. The molecule has 0 unspecified atom stereocenters. The summed E-state index contributed by atoms with van der Waals surface area (Å²) in [5.41, 5.74) is 5.89. The average Bonchev–Trinajstić information content (AvgIpc) is 2.61. The Morgan fingerprint density at radius 1 is 1.54 bits per heavy atom. The lowest BCUT2D eigenvalue weighted by atomic mass is 10.4. The van der Waals surface area contributed by atoms with Gasteiger partial charge < -0.3 is 11.1 Å². The molecule has 0 atom stereocenters. The molecule has 0 saturated carbocycles. The minimum Gasteiger partial charge on any atom is -0.382 e. The fourth-order valence-corrected chi connectivity index (χ4v) is 0.683. The summed E-state index contributed by atoms with van der Waals surface area (Å²) in [5, 5.41) is 9.89. The second-order valence-electron chi connectivity index (χ2n) is 2.10. The molecule has 0 saturated heterocycles. The van der Waals surface area contributed by atoms with Crippen LogP contribution in [0.1, 0.15) is 5.69 Å². The number of amidine groups is 1. The molecule has 7 heteroatoms. The maximum atomic E-state index is 5.51. The third-order valence-corrected chi connectivity index (χ3v) is 1.30. The number of hydrogen-bond acceptors (Lipinski definition) is 5. The van der Waals surface area contributed by atoms with Crippen LogP contribution in [0, 0.1) is 0 Å². The van der Waals surface area contributed by atoms with E-state index in [1.165, 1.54) is 6.34 Å². The van der Waals surface area contributed by atoms with Crippen molar-refractivity contribution in [2.75, 3.05) is 19.4 Å². The summed E-state index contributed by atoms with van der Waals surface area (Å²) >= 11 is 0. The van der Waals surface area contributed by atoms with Crippen molar-refractivity contribution in [3.63, 3.8) is 0 Å². The number of nitrogens with two attached hydrogens (primary N) is 1. The standard InChI is InChI=1S/C6H10N6O/c1-8-3-10-6-4(5(7)9-2)11-13-12-6/h3H,1-2H3,(H2,7,9)(H,8,10,12). The van der Waals surface area contributed by atoms with Crippen LogP contribution in [-0.4, -0.2) is 36.6 Å². The first kappa shape index (κ1) is 9.17. The van der Waals surface area contributed by atoms with E-state index in [4.69, 9.17) is 5.73 Å². The molecule has 0 bridgehead atoms. The molecule has 3 N–H and O–H groups in total. The van der Waals surface area contributed by atoms with Gasteiger partial charge in [-0.2, -0.15) is 0 Å². The molecule has 1 rings (SSSR count). The number of nitrogens with one attached hydrogen (secondary N) is 1. The Labute approximate surface area is 74.7 Å². The summed E-state index contributed by atoms with van der Waals surface area (Å²) in [6.45, 7) is 0. The van der Waals surface area contributed by atoms with Crippen molar-refractivity contribution >= 4 is 18.0 Å². The zero-order valence-electron chi connectivity index (χ0n) is 7.35. The second-order valence-corrected chi connectivity index (χ2v) is 2.10. The largest absolute Gasteiger partial charge is 0.382 e. The first-order valence-electron chi connectivity index (χ1n) is 3.52. The van der Waals surface area contributed by atoms with E-state index in [-0.39, 0.29) is 5.84 Å². The van der Waals surface area contributed by atoms with E-state index in [9.17, 15) is 0 Å². The van der Waals surface area contributed by atoms with Gasteiger partial charge >= 0.3 is 0 Å². The molecule has 1 aromatic rings. The SMILES string of the molecule is CN=CNc1nonc1C(N)=NC. The molecule has 1 heterocycles. The van der Waals surface area contributed by atoms with Gasteiger partial charge in [0.15, 0.2) is 11.5 Å². The van der Waals surface area contributed by atoms with Gasteiger partial charge in [0, 0.05) is 14.1 Å². The lowest BCUT2D eigenvalue weighted by molar-refractivity contribution is 0.308. The summed E-state index contributed by atoms with van der Waals surface area (Å²) in [7, 11) is 3.18. The van der Waals surface area contributed by atoms with Gasteiger partial charge in [-0.1, -0.05) is 0 Å². The fraction of sp³-hybridized carbons (Fsp3) is 0.333. The smallest absolute Gasteiger partial charge is 0.207 e. The minimum atomic E-state index is 0.258. The third-order valence-electron chi connectivity index (χ3n) is 1.30. The predicted octanol–water partition coefficient (Wildman–Crippen LogP) is -0.525. The summed E-state index contributed by atoms with van der Waals surface area (Å²) in [6.07, 6.45) is 1.45. The maximum Gasteiger partial charge on any atom is 0.207 e. The molecule has 70 valence electrons. The second kappa shape index (κ2) is 4.19. The number of rotatable bonds is 3. The third kappa shape index (κ3) is 2.01. The zero-order chi connectivity index (χ0) is 9.68. The monoisotopic (exact) mass is 182 g/mol. The molecule has 0 aliphatic carbocycles. The van der Waals surface area contributed by atoms with Crippen LogP contribution in [-0.2, 0) is 0 Å². The van der Waals surface area contributed by atoms with Crippen molar-refractivity contribution < 1.29 is 4.63 Å². The fourth-order valence-electron chi connectivity index (χ4n) is 0.683. The van der Waals surface area contributed by atoms with Crippen LogP contribution in [0.4, 0.5) is 5.82 Å². The molecule has 0 aliphatic heterocycles. The van der Waals surface area contributed by atoms with E-state index in [2.05, 4.69) is 30.2 Å². The molecule has 1 aromatic heterocycles. The number of aromatic nitrogens is 2. The Bertz CT molecular complexity index is 328. The van der Waals surface area contributed by atoms with Crippen LogP contribution in [0.2, 0.25) is 0 Å². The van der Waals surface area contributed by atoms with Gasteiger partial charge in [0.25, 0.3) is 0 Å². The van der Waals surface area contributed by atoms with Gasteiger partial charge in [-0.05, 0) is 10.3 Å². The Morgan fingerprint density at radius 3 is 2.92 bits per heavy atom. The topological polar surface area (TPSA) is 102 Å². The Kier molecular flexibility index (Phi) is 2.96. The molecule has 0 aliphatic rings. The highest BCUT2D eigenvalue weighted by Gasteiger charge is 2.11. The van der Waals surface area contributed by atoms with E-state index < -0.39 is 0 Å². The van der Waals surface area contributed by atoms with Gasteiger partial charge in [-0.25, -0.2) is 4.63 Å².